The van der Waals surface area contributed by atoms with Crippen LogP contribution in [-0.4, -0.2) is 35.5 Å². The zero-order valence-electron chi connectivity index (χ0n) is 11.7. The fraction of sp³-hybridized carbons (Fsp3) is 0.357. The maximum atomic E-state index is 13.5. The van der Waals surface area contributed by atoms with E-state index in [1.54, 1.807) is 0 Å². The van der Waals surface area contributed by atoms with Crippen LogP contribution in [0.2, 0.25) is 5.02 Å². The molecule has 6 nitrogen and oxygen atoms in total. The Hall–Kier alpha value is -2.15. The molecule has 0 saturated carbocycles. The first-order valence-electron chi connectivity index (χ1n) is 6.58. The molecule has 0 radical (unpaired) electrons. The van der Waals surface area contributed by atoms with Crippen LogP contribution in [0.5, 0.6) is 0 Å². The summed E-state index contributed by atoms with van der Waals surface area (Å²) >= 11 is 5.59. The minimum Gasteiger partial charge on any atom is -0.480 e. The highest BCUT2D eigenvalue weighted by molar-refractivity contribution is 6.30. The third-order valence-electron chi connectivity index (χ3n) is 3.44. The second-order valence-corrected chi connectivity index (χ2v) is 5.48. The number of aliphatic carboxylic acids is 1. The summed E-state index contributed by atoms with van der Waals surface area (Å²) in [4.78, 5) is 35.9. The Kier molecular flexibility index (Phi) is 4.65. The second kappa shape index (κ2) is 6.31. The molecule has 0 aromatic heterocycles. The molecule has 2 unspecified atom stereocenters. The highest BCUT2D eigenvalue weighted by Crippen LogP contribution is 2.28. The van der Waals surface area contributed by atoms with Crippen LogP contribution in [-0.2, 0) is 14.4 Å². The van der Waals surface area contributed by atoms with Gasteiger partial charge < -0.3 is 15.3 Å². The number of anilines is 1. The van der Waals surface area contributed by atoms with Crippen molar-refractivity contribution in [2.75, 3.05) is 11.4 Å². The lowest BCUT2D eigenvalue weighted by Gasteiger charge is -2.17. The van der Waals surface area contributed by atoms with Crippen molar-refractivity contribution in [3.8, 4) is 0 Å². The number of amides is 2. The van der Waals surface area contributed by atoms with Gasteiger partial charge in [0, 0.05) is 18.7 Å². The molecule has 0 aliphatic carbocycles. The van der Waals surface area contributed by atoms with Gasteiger partial charge in [0.25, 0.3) is 0 Å². The number of carbonyl (C=O) groups is 3. The minimum atomic E-state index is -1.16. The Morgan fingerprint density at radius 1 is 1.50 bits per heavy atom. The minimum absolute atomic E-state index is 0.0532. The van der Waals surface area contributed by atoms with Crippen molar-refractivity contribution in [1.82, 2.24) is 5.32 Å². The van der Waals surface area contributed by atoms with E-state index in [2.05, 4.69) is 5.32 Å². The summed E-state index contributed by atoms with van der Waals surface area (Å²) in [6.45, 7) is 1.40. The maximum absolute atomic E-state index is 13.5. The van der Waals surface area contributed by atoms with E-state index in [1.165, 1.54) is 24.0 Å². The summed E-state index contributed by atoms with van der Waals surface area (Å²) in [5.74, 6) is -3.33. The molecule has 1 saturated heterocycles. The SMILES string of the molecule is CC(NC(=O)C1CC(=O)N(c2ccc(Cl)c(F)c2)C1)C(=O)O. The molecule has 1 fully saturated rings. The van der Waals surface area contributed by atoms with Crippen molar-refractivity contribution in [3.63, 3.8) is 0 Å². The Balaban J connectivity index is 2.08. The Morgan fingerprint density at radius 2 is 2.18 bits per heavy atom. The van der Waals surface area contributed by atoms with E-state index in [0.717, 1.165) is 6.07 Å². The number of benzene rings is 1. The standard InChI is InChI=1S/C14H14ClFN2O4/c1-7(14(21)22)17-13(20)8-4-12(19)18(6-8)9-2-3-10(15)11(16)5-9/h2-3,5,7-8H,4,6H2,1H3,(H,17,20)(H,21,22). The fourth-order valence-corrected chi connectivity index (χ4v) is 2.30. The van der Waals surface area contributed by atoms with E-state index < -0.39 is 29.7 Å². The molecule has 1 aliphatic heterocycles. The molecular weight excluding hydrogens is 315 g/mol. The van der Waals surface area contributed by atoms with E-state index in [0.29, 0.717) is 5.69 Å². The summed E-state index contributed by atoms with van der Waals surface area (Å²) in [6, 6.07) is 2.91. The molecule has 1 aliphatic rings. The number of hydrogen-bond acceptors (Lipinski definition) is 3. The molecular formula is C14H14ClFN2O4. The lowest BCUT2D eigenvalue weighted by molar-refractivity contribution is -0.141. The molecule has 0 spiro atoms. The zero-order chi connectivity index (χ0) is 16.4. The highest BCUT2D eigenvalue weighted by Gasteiger charge is 2.36. The molecule has 2 atom stereocenters. The number of nitrogens with one attached hydrogen (secondary N) is 1. The van der Waals surface area contributed by atoms with Crippen molar-refractivity contribution < 1.29 is 23.9 Å². The quantitative estimate of drug-likeness (QED) is 0.875. The summed E-state index contributed by atoms with van der Waals surface area (Å²) in [5.41, 5.74) is 0.313. The molecule has 1 aromatic rings. The van der Waals surface area contributed by atoms with Gasteiger partial charge in [-0.15, -0.1) is 0 Å². The van der Waals surface area contributed by atoms with Gasteiger partial charge >= 0.3 is 5.97 Å². The summed E-state index contributed by atoms with van der Waals surface area (Å²) in [5, 5.41) is 11.0. The Bertz CT molecular complexity index is 637. The van der Waals surface area contributed by atoms with Crippen LogP contribution < -0.4 is 10.2 Å². The third kappa shape index (κ3) is 3.36. The molecule has 1 aromatic carbocycles. The first-order valence-corrected chi connectivity index (χ1v) is 6.96. The number of carbonyl (C=O) groups excluding carboxylic acids is 2. The van der Waals surface area contributed by atoms with Crippen LogP contribution in [0.4, 0.5) is 10.1 Å². The van der Waals surface area contributed by atoms with E-state index >= 15 is 0 Å². The molecule has 2 amide bonds. The van der Waals surface area contributed by atoms with Gasteiger partial charge in [-0.3, -0.25) is 14.4 Å². The summed E-state index contributed by atoms with van der Waals surface area (Å²) in [6.07, 6.45) is -0.0532. The van der Waals surface area contributed by atoms with E-state index in [9.17, 15) is 18.8 Å². The Morgan fingerprint density at radius 3 is 2.77 bits per heavy atom. The highest BCUT2D eigenvalue weighted by atomic mass is 35.5. The topological polar surface area (TPSA) is 86.7 Å². The van der Waals surface area contributed by atoms with Crippen molar-refractivity contribution in [1.29, 1.82) is 0 Å². The van der Waals surface area contributed by atoms with Gasteiger partial charge in [-0.25, -0.2) is 4.39 Å². The summed E-state index contributed by atoms with van der Waals surface area (Å²) < 4.78 is 13.5. The third-order valence-corrected chi connectivity index (χ3v) is 3.75. The lowest BCUT2D eigenvalue weighted by atomic mass is 10.1. The van der Waals surface area contributed by atoms with Crippen molar-refractivity contribution >= 4 is 35.1 Å². The second-order valence-electron chi connectivity index (χ2n) is 5.07. The molecule has 22 heavy (non-hydrogen) atoms. The smallest absolute Gasteiger partial charge is 0.325 e. The fourth-order valence-electron chi connectivity index (χ4n) is 2.18. The van der Waals surface area contributed by atoms with Gasteiger partial charge in [-0.1, -0.05) is 11.6 Å². The number of carboxylic acid groups (broad SMARTS) is 1. The van der Waals surface area contributed by atoms with Gasteiger partial charge in [-0.2, -0.15) is 0 Å². The van der Waals surface area contributed by atoms with Gasteiger partial charge in [0.15, 0.2) is 0 Å². The van der Waals surface area contributed by atoms with E-state index in [4.69, 9.17) is 16.7 Å². The van der Waals surface area contributed by atoms with Crippen LogP contribution in [0.1, 0.15) is 13.3 Å². The predicted molar refractivity (Wildman–Crippen MR) is 77.1 cm³/mol. The van der Waals surface area contributed by atoms with Crippen molar-refractivity contribution in [2.45, 2.75) is 19.4 Å². The molecule has 8 heteroatoms. The molecule has 2 N–H and O–H groups in total. The maximum Gasteiger partial charge on any atom is 0.325 e. The molecule has 0 bridgehead atoms. The van der Waals surface area contributed by atoms with Gasteiger partial charge in [0.2, 0.25) is 11.8 Å². The van der Waals surface area contributed by atoms with Crippen molar-refractivity contribution in [3.05, 3.63) is 29.0 Å². The lowest BCUT2D eigenvalue weighted by Crippen LogP contribution is -2.42. The van der Waals surface area contributed by atoms with Gasteiger partial charge in [-0.05, 0) is 25.1 Å². The average Bonchev–Trinajstić information content (AvgIpc) is 2.84. The van der Waals surface area contributed by atoms with Crippen LogP contribution >= 0.6 is 11.6 Å². The van der Waals surface area contributed by atoms with Crippen molar-refractivity contribution in [2.24, 2.45) is 5.92 Å². The molecule has 118 valence electrons. The van der Waals surface area contributed by atoms with Crippen LogP contribution in [0, 0.1) is 11.7 Å². The van der Waals surface area contributed by atoms with Crippen LogP contribution in [0.25, 0.3) is 0 Å². The van der Waals surface area contributed by atoms with Crippen LogP contribution in [0.15, 0.2) is 18.2 Å². The van der Waals surface area contributed by atoms with E-state index in [-0.39, 0.29) is 23.9 Å². The zero-order valence-corrected chi connectivity index (χ0v) is 12.4. The normalized spacial score (nSPS) is 19.1. The van der Waals surface area contributed by atoms with E-state index in [1.807, 2.05) is 0 Å². The predicted octanol–water partition coefficient (Wildman–Crippen LogP) is 1.42. The number of halogens is 2. The average molecular weight is 329 g/mol. The number of carboxylic acids is 1. The first-order chi connectivity index (χ1) is 10.3. The number of nitrogens with zero attached hydrogens (tertiary/aromatic N) is 1. The monoisotopic (exact) mass is 328 g/mol. The van der Waals surface area contributed by atoms with Gasteiger partial charge in [0.1, 0.15) is 11.9 Å². The number of hydrogen-bond donors (Lipinski definition) is 2. The summed E-state index contributed by atoms with van der Waals surface area (Å²) in [7, 11) is 0. The van der Waals surface area contributed by atoms with Gasteiger partial charge in [0.05, 0.1) is 10.9 Å². The largest absolute Gasteiger partial charge is 0.480 e. The first kappa shape index (κ1) is 16.2. The molecule has 2 rings (SSSR count). The van der Waals surface area contributed by atoms with Crippen LogP contribution in [0.3, 0.4) is 0 Å². The Labute approximate surface area is 130 Å². The molecule has 1 heterocycles. The number of rotatable bonds is 4.